The maximum absolute atomic E-state index is 6.19. The summed E-state index contributed by atoms with van der Waals surface area (Å²) in [6.07, 6.45) is 3.96. The number of anilines is 1. The number of benzene rings is 1. The van der Waals surface area contributed by atoms with Crippen LogP contribution in [0.2, 0.25) is 10.0 Å². The van der Waals surface area contributed by atoms with Gasteiger partial charge in [-0.1, -0.05) is 29.6 Å². The van der Waals surface area contributed by atoms with E-state index >= 15 is 0 Å². The summed E-state index contributed by atoms with van der Waals surface area (Å²) >= 11 is 12.4. The van der Waals surface area contributed by atoms with Gasteiger partial charge in [0.15, 0.2) is 0 Å². The standard InChI is InChI=1S/C13H18Cl2N2/c1-16-13-11(14)7-10(8-12(13)15)9-17-5-3-2-4-6-17/h7-8,16H,2-6,9H2,1H3. The van der Waals surface area contributed by atoms with E-state index in [1.54, 1.807) is 0 Å². The van der Waals surface area contributed by atoms with Crippen molar-refractivity contribution in [2.24, 2.45) is 0 Å². The first-order valence-corrected chi connectivity index (χ1v) is 6.84. The van der Waals surface area contributed by atoms with Gasteiger partial charge in [0.05, 0.1) is 15.7 Å². The maximum Gasteiger partial charge on any atom is 0.0716 e. The Balaban J connectivity index is 2.10. The zero-order valence-electron chi connectivity index (χ0n) is 10.1. The summed E-state index contributed by atoms with van der Waals surface area (Å²) in [7, 11) is 1.83. The molecule has 1 heterocycles. The molecule has 1 aliphatic heterocycles. The highest BCUT2D eigenvalue weighted by atomic mass is 35.5. The van der Waals surface area contributed by atoms with Crippen LogP contribution < -0.4 is 5.32 Å². The molecule has 0 bridgehead atoms. The van der Waals surface area contributed by atoms with Gasteiger partial charge in [0, 0.05) is 13.6 Å². The summed E-state index contributed by atoms with van der Waals surface area (Å²) in [5, 5.41) is 4.42. The Morgan fingerprint density at radius 3 is 2.24 bits per heavy atom. The molecule has 0 amide bonds. The molecule has 0 atom stereocenters. The second-order valence-electron chi connectivity index (χ2n) is 4.52. The average Bonchev–Trinajstić information content (AvgIpc) is 2.30. The lowest BCUT2D eigenvalue weighted by atomic mass is 10.1. The minimum absolute atomic E-state index is 0.701. The Morgan fingerprint density at radius 1 is 1.12 bits per heavy atom. The largest absolute Gasteiger partial charge is 0.386 e. The van der Waals surface area contributed by atoms with Gasteiger partial charge in [-0.05, 0) is 43.6 Å². The summed E-state index contributed by atoms with van der Waals surface area (Å²) in [5.41, 5.74) is 2.01. The van der Waals surface area contributed by atoms with Crippen molar-refractivity contribution in [2.45, 2.75) is 25.8 Å². The molecular weight excluding hydrogens is 255 g/mol. The van der Waals surface area contributed by atoms with E-state index in [0.717, 1.165) is 12.2 Å². The van der Waals surface area contributed by atoms with Gasteiger partial charge in [0.25, 0.3) is 0 Å². The fraction of sp³-hybridized carbons (Fsp3) is 0.538. The number of hydrogen-bond acceptors (Lipinski definition) is 2. The molecule has 1 fully saturated rings. The van der Waals surface area contributed by atoms with Gasteiger partial charge in [-0.15, -0.1) is 0 Å². The molecule has 1 saturated heterocycles. The Kier molecular flexibility index (Phi) is 4.55. The number of piperidine rings is 1. The molecule has 1 aromatic rings. The molecule has 0 unspecified atom stereocenters. The third-order valence-electron chi connectivity index (χ3n) is 3.21. The highest BCUT2D eigenvalue weighted by molar-refractivity contribution is 6.39. The van der Waals surface area contributed by atoms with Gasteiger partial charge >= 0.3 is 0 Å². The average molecular weight is 273 g/mol. The molecule has 0 aliphatic carbocycles. The van der Waals surface area contributed by atoms with Crippen LogP contribution in [0, 0.1) is 0 Å². The molecule has 0 spiro atoms. The third kappa shape index (κ3) is 3.27. The van der Waals surface area contributed by atoms with Gasteiger partial charge in [-0.3, -0.25) is 4.90 Å². The van der Waals surface area contributed by atoms with Gasteiger partial charge in [0.2, 0.25) is 0 Å². The first-order valence-electron chi connectivity index (χ1n) is 6.08. The minimum Gasteiger partial charge on any atom is -0.386 e. The van der Waals surface area contributed by atoms with Crippen LogP contribution in [0.4, 0.5) is 5.69 Å². The predicted molar refractivity (Wildman–Crippen MR) is 75.1 cm³/mol. The van der Waals surface area contributed by atoms with Crippen LogP contribution in [-0.4, -0.2) is 25.0 Å². The van der Waals surface area contributed by atoms with Crippen molar-refractivity contribution in [3.63, 3.8) is 0 Å². The van der Waals surface area contributed by atoms with Crippen LogP contribution in [0.3, 0.4) is 0 Å². The first kappa shape index (κ1) is 13.0. The second kappa shape index (κ2) is 5.94. The highest BCUT2D eigenvalue weighted by Gasteiger charge is 2.12. The lowest BCUT2D eigenvalue weighted by molar-refractivity contribution is 0.221. The van der Waals surface area contributed by atoms with Crippen molar-refractivity contribution in [1.82, 2.24) is 4.90 Å². The summed E-state index contributed by atoms with van der Waals surface area (Å²) in [6, 6.07) is 4.02. The molecule has 17 heavy (non-hydrogen) atoms. The molecule has 2 rings (SSSR count). The molecule has 4 heteroatoms. The van der Waals surface area contributed by atoms with Crippen LogP contribution in [0.1, 0.15) is 24.8 Å². The summed E-state index contributed by atoms with van der Waals surface area (Å²) in [5.74, 6) is 0. The highest BCUT2D eigenvalue weighted by Crippen LogP contribution is 2.32. The van der Waals surface area contributed by atoms with Crippen molar-refractivity contribution in [3.05, 3.63) is 27.7 Å². The number of nitrogens with zero attached hydrogens (tertiary/aromatic N) is 1. The molecule has 0 saturated carbocycles. The number of halogens is 2. The van der Waals surface area contributed by atoms with E-state index in [0.29, 0.717) is 10.0 Å². The van der Waals surface area contributed by atoms with Crippen LogP contribution in [0.25, 0.3) is 0 Å². The van der Waals surface area contributed by atoms with Gasteiger partial charge < -0.3 is 5.32 Å². The molecule has 0 radical (unpaired) electrons. The predicted octanol–water partition coefficient (Wildman–Crippen LogP) is 4.02. The number of nitrogens with one attached hydrogen (secondary N) is 1. The van der Waals surface area contributed by atoms with E-state index in [4.69, 9.17) is 23.2 Å². The zero-order valence-corrected chi connectivity index (χ0v) is 11.6. The van der Waals surface area contributed by atoms with Crippen LogP contribution in [-0.2, 0) is 6.54 Å². The topological polar surface area (TPSA) is 15.3 Å². The molecule has 2 nitrogen and oxygen atoms in total. The Labute approximate surface area is 113 Å². The summed E-state index contributed by atoms with van der Waals surface area (Å²) < 4.78 is 0. The summed E-state index contributed by atoms with van der Waals surface area (Å²) in [6.45, 7) is 3.31. The zero-order chi connectivity index (χ0) is 12.3. The summed E-state index contributed by atoms with van der Waals surface area (Å²) in [4.78, 5) is 2.46. The fourth-order valence-electron chi connectivity index (χ4n) is 2.33. The van der Waals surface area contributed by atoms with E-state index in [9.17, 15) is 0 Å². The van der Waals surface area contributed by atoms with Crippen molar-refractivity contribution < 1.29 is 0 Å². The monoisotopic (exact) mass is 272 g/mol. The van der Waals surface area contributed by atoms with E-state index in [2.05, 4.69) is 10.2 Å². The number of hydrogen-bond donors (Lipinski definition) is 1. The van der Waals surface area contributed by atoms with Gasteiger partial charge in [-0.25, -0.2) is 0 Å². The number of likely N-dealkylation sites (tertiary alicyclic amines) is 1. The molecule has 1 N–H and O–H groups in total. The van der Waals surface area contributed by atoms with Crippen molar-refractivity contribution >= 4 is 28.9 Å². The van der Waals surface area contributed by atoms with Gasteiger partial charge in [0.1, 0.15) is 0 Å². The lowest BCUT2D eigenvalue weighted by Crippen LogP contribution is -2.29. The van der Waals surface area contributed by atoms with Crippen LogP contribution in [0.15, 0.2) is 12.1 Å². The SMILES string of the molecule is CNc1c(Cl)cc(CN2CCCCC2)cc1Cl. The van der Waals surface area contributed by atoms with Crippen molar-refractivity contribution in [2.75, 3.05) is 25.5 Å². The van der Waals surface area contributed by atoms with Crippen molar-refractivity contribution in [1.29, 1.82) is 0 Å². The quantitative estimate of drug-likeness (QED) is 0.894. The maximum atomic E-state index is 6.19. The fourth-order valence-corrected chi connectivity index (χ4v) is 3.05. The third-order valence-corrected chi connectivity index (χ3v) is 3.80. The number of rotatable bonds is 3. The van der Waals surface area contributed by atoms with Crippen molar-refractivity contribution in [3.8, 4) is 0 Å². The Morgan fingerprint density at radius 2 is 1.71 bits per heavy atom. The lowest BCUT2D eigenvalue weighted by Gasteiger charge is -2.26. The van der Waals surface area contributed by atoms with E-state index in [-0.39, 0.29) is 0 Å². The van der Waals surface area contributed by atoms with Crippen LogP contribution in [0.5, 0.6) is 0 Å². The second-order valence-corrected chi connectivity index (χ2v) is 5.34. The Hall–Kier alpha value is -0.440. The van der Waals surface area contributed by atoms with E-state index in [1.165, 1.54) is 37.9 Å². The molecule has 1 aromatic carbocycles. The molecular formula is C13H18Cl2N2. The van der Waals surface area contributed by atoms with Gasteiger partial charge in [-0.2, -0.15) is 0 Å². The minimum atomic E-state index is 0.701. The molecule has 94 valence electrons. The Bertz CT molecular complexity index is 364. The smallest absolute Gasteiger partial charge is 0.0716 e. The van der Waals surface area contributed by atoms with E-state index in [1.807, 2.05) is 19.2 Å². The molecule has 0 aromatic heterocycles. The van der Waals surface area contributed by atoms with Crippen LogP contribution >= 0.6 is 23.2 Å². The first-order chi connectivity index (χ1) is 8.20. The normalized spacial score (nSPS) is 17.1. The molecule has 1 aliphatic rings. The van der Waals surface area contributed by atoms with E-state index < -0.39 is 0 Å².